The minimum Gasteiger partial charge on any atom is -0.459 e. The number of hydrogen-bond donors (Lipinski definition) is 2. The summed E-state index contributed by atoms with van der Waals surface area (Å²) < 4.78 is 7.01. The van der Waals surface area contributed by atoms with Crippen LogP contribution in [0, 0.1) is 13.8 Å². The maximum absolute atomic E-state index is 12.9. The summed E-state index contributed by atoms with van der Waals surface area (Å²) in [4.78, 5) is 30.0. The maximum Gasteiger partial charge on any atom is 0.287 e. The third kappa shape index (κ3) is 4.35. The maximum atomic E-state index is 12.9. The predicted molar refractivity (Wildman–Crippen MR) is 119 cm³/mol. The summed E-state index contributed by atoms with van der Waals surface area (Å²) in [6.45, 7) is 5.85. The van der Waals surface area contributed by atoms with Crippen molar-refractivity contribution in [1.29, 1.82) is 0 Å². The van der Waals surface area contributed by atoms with Crippen LogP contribution in [0.2, 0.25) is 0 Å². The monoisotopic (exact) mass is 416 g/mol. The van der Waals surface area contributed by atoms with E-state index in [1.807, 2.05) is 67.8 Å². The van der Waals surface area contributed by atoms with Gasteiger partial charge in [0.25, 0.3) is 5.91 Å². The number of carbonyl (C=O) groups excluding carboxylic acids is 2. The second-order valence-corrected chi connectivity index (χ2v) is 7.58. The number of carbonyl (C=O) groups is 2. The van der Waals surface area contributed by atoms with Crippen molar-refractivity contribution in [3.05, 3.63) is 83.6 Å². The highest BCUT2D eigenvalue weighted by Crippen LogP contribution is 2.22. The number of fused-ring (bicyclic) bond motifs is 1. The zero-order valence-corrected chi connectivity index (χ0v) is 17.7. The van der Waals surface area contributed by atoms with Crippen molar-refractivity contribution in [3.8, 4) is 0 Å². The van der Waals surface area contributed by atoms with Crippen LogP contribution in [0.3, 0.4) is 0 Å². The first-order chi connectivity index (χ1) is 14.9. The highest BCUT2D eigenvalue weighted by molar-refractivity contribution is 5.93. The Kier molecular flexibility index (Phi) is 5.58. The van der Waals surface area contributed by atoms with Gasteiger partial charge in [0.1, 0.15) is 12.4 Å². The second-order valence-electron chi connectivity index (χ2n) is 7.58. The van der Waals surface area contributed by atoms with Gasteiger partial charge in [-0.15, -0.1) is 0 Å². The van der Waals surface area contributed by atoms with Crippen LogP contribution in [-0.2, 0) is 11.3 Å². The van der Waals surface area contributed by atoms with Crippen molar-refractivity contribution < 1.29 is 14.0 Å². The highest BCUT2D eigenvalue weighted by atomic mass is 16.3. The number of imidazole rings is 1. The smallest absolute Gasteiger partial charge is 0.287 e. The molecule has 158 valence electrons. The third-order valence-corrected chi connectivity index (χ3v) is 5.13. The van der Waals surface area contributed by atoms with Gasteiger partial charge in [0, 0.05) is 5.69 Å². The second kappa shape index (κ2) is 8.47. The van der Waals surface area contributed by atoms with Gasteiger partial charge in [0.2, 0.25) is 5.91 Å². The lowest BCUT2D eigenvalue weighted by molar-refractivity contribution is -0.116. The van der Waals surface area contributed by atoms with Crippen molar-refractivity contribution in [1.82, 2.24) is 14.9 Å². The van der Waals surface area contributed by atoms with Crippen molar-refractivity contribution in [2.75, 3.05) is 5.32 Å². The molecule has 4 aromatic rings. The topological polar surface area (TPSA) is 89.2 Å². The van der Waals surface area contributed by atoms with Gasteiger partial charge in [-0.2, -0.15) is 0 Å². The number of aromatic nitrogens is 2. The van der Waals surface area contributed by atoms with Gasteiger partial charge in [-0.1, -0.05) is 24.3 Å². The van der Waals surface area contributed by atoms with Gasteiger partial charge in [-0.25, -0.2) is 4.98 Å². The molecule has 0 aliphatic carbocycles. The summed E-state index contributed by atoms with van der Waals surface area (Å²) in [6, 6.07) is 16.4. The first-order valence-corrected chi connectivity index (χ1v) is 10.1. The van der Waals surface area contributed by atoms with Crippen LogP contribution < -0.4 is 10.6 Å². The largest absolute Gasteiger partial charge is 0.459 e. The Balaban J connectivity index is 1.61. The number of aryl methyl sites for hydroxylation is 2. The lowest BCUT2D eigenvalue weighted by Gasteiger charge is -2.16. The molecule has 0 bridgehead atoms. The number of hydrogen-bond acceptors (Lipinski definition) is 4. The lowest BCUT2D eigenvalue weighted by Crippen LogP contribution is -2.29. The number of nitrogens with zero attached hydrogens (tertiary/aromatic N) is 2. The van der Waals surface area contributed by atoms with E-state index in [1.54, 1.807) is 12.1 Å². The summed E-state index contributed by atoms with van der Waals surface area (Å²) in [5.41, 5.74) is 4.44. The van der Waals surface area contributed by atoms with Gasteiger partial charge < -0.3 is 19.6 Å². The third-order valence-electron chi connectivity index (χ3n) is 5.13. The van der Waals surface area contributed by atoms with Crippen LogP contribution in [0.25, 0.3) is 11.0 Å². The molecule has 0 saturated carbocycles. The Hall–Kier alpha value is -3.87. The zero-order chi connectivity index (χ0) is 22.0. The molecule has 1 unspecified atom stereocenters. The van der Waals surface area contributed by atoms with Crippen LogP contribution in [0.1, 0.15) is 40.5 Å². The molecule has 4 rings (SSSR count). The first kappa shape index (κ1) is 20.4. The van der Waals surface area contributed by atoms with Crippen LogP contribution >= 0.6 is 0 Å². The molecule has 0 fully saturated rings. The predicted octanol–water partition coefficient (Wildman–Crippen LogP) is 4.38. The molecule has 7 heteroatoms. The quantitative estimate of drug-likeness (QED) is 0.488. The molecule has 7 nitrogen and oxygen atoms in total. The average Bonchev–Trinajstić information content (AvgIpc) is 3.40. The van der Waals surface area contributed by atoms with Gasteiger partial charge in [0.05, 0.1) is 23.3 Å². The molecule has 2 aromatic carbocycles. The molecular weight excluding hydrogens is 392 g/mol. The minimum atomic E-state index is -0.432. The molecule has 0 aliphatic heterocycles. The molecule has 2 N–H and O–H groups in total. The number of nitrogens with one attached hydrogen (secondary N) is 2. The fourth-order valence-corrected chi connectivity index (χ4v) is 3.53. The molecule has 2 heterocycles. The van der Waals surface area contributed by atoms with E-state index < -0.39 is 6.04 Å². The molecular formula is C24H24N4O3. The Morgan fingerprint density at radius 3 is 2.68 bits per heavy atom. The standard InChI is InChI=1S/C24H24N4O3/c1-15-10-11-16(2)19(13-15)26-22(29)14-28-20-8-5-4-7-18(20)27-23(28)17(3)25-24(30)21-9-6-12-31-21/h4-13,17H,14H2,1-3H3,(H,25,30)(H,26,29). The fourth-order valence-electron chi connectivity index (χ4n) is 3.53. The number of benzene rings is 2. The van der Waals surface area contributed by atoms with E-state index in [-0.39, 0.29) is 24.1 Å². The summed E-state index contributed by atoms with van der Waals surface area (Å²) in [6.07, 6.45) is 1.45. The van der Waals surface area contributed by atoms with Crippen molar-refractivity contribution in [3.63, 3.8) is 0 Å². The first-order valence-electron chi connectivity index (χ1n) is 10.1. The highest BCUT2D eigenvalue weighted by Gasteiger charge is 2.21. The molecule has 0 radical (unpaired) electrons. The van der Waals surface area contributed by atoms with Crippen LogP contribution in [-0.4, -0.2) is 21.4 Å². The molecule has 0 saturated heterocycles. The number of anilines is 1. The van der Waals surface area contributed by atoms with E-state index in [2.05, 4.69) is 15.6 Å². The van der Waals surface area contributed by atoms with Gasteiger partial charge in [0.15, 0.2) is 5.76 Å². The Bertz CT molecular complexity index is 1240. The van der Waals surface area contributed by atoms with Crippen LogP contribution in [0.4, 0.5) is 5.69 Å². The SMILES string of the molecule is Cc1ccc(C)c(NC(=O)Cn2c(C(C)NC(=O)c3ccco3)nc3ccccc32)c1. The van der Waals surface area contributed by atoms with Crippen molar-refractivity contribution >= 4 is 28.5 Å². The van der Waals surface area contributed by atoms with Crippen molar-refractivity contribution in [2.24, 2.45) is 0 Å². The molecule has 0 aliphatic rings. The van der Waals surface area contributed by atoms with Crippen molar-refractivity contribution in [2.45, 2.75) is 33.4 Å². The molecule has 2 aromatic heterocycles. The van der Waals surface area contributed by atoms with Crippen LogP contribution in [0.15, 0.2) is 65.3 Å². The molecule has 31 heavy (non-hydrogen) atoms. The molecule has 1 atom stereocenters. The summed E-state index contributed by atoms with van der Waals surface area (Å²) in [5.74, 6) is 0.318. The van der Waals surface area contributed by atoms with E-state index in [0.29, 0.717) is 5.82 Å². The van der Waals surface area contributed by atoms with Gasteiger partial charge in [-0.3, -0.25) is 9.59 Å². The van der Waals surface area contributed by atoms with Crippen LogP contribution in [0.5, 0.6) is 0 Å². The van der Waals surface area contributed by atoms with Gasteiger partial charge in [-0.05, 0) is 62.2 Å². The van der Waals surface area contributed by atoms with Gasteiger partial charge >= 0.3 is 0 Å². The summed E-state index contributed by atoms with van der Waals surface area (Å²) in [5, 5.41) is 5.89. The van der Waals surface area contributed by atoms with E-state index in [1.165, 1.54) is 6.26 Å². The summed E-state index contributed by atoms with van der Waals surface area (Å²) >= 11 is 0. The van der Waals surface area contributed by atoms with E-state index in [0.717, 1.165) is 27.8 Å². The number of para-hydroxylation sites is 2. The van der Waals surface area contributed by atoms with E-state index in [4.69, 9.17) is 4.42 Å². The Morgan fingerprint density at radius 2 is 1.90 bits per heavy atom. The number of rotatable bonds is 6. The molecule has 2 amide bonds. The Labute approximate surface area is 180 Å². The molecule has 0 spiro atoms. The Morgan fingerprint density at radius 1 is 1.10 bits per heavy atom. The fraction of sp³-hybridized carbons (Fsp3) is 0.208. The van der Waals surface area contributed by atoms with E-state index in [9.17, 15) is 9.59 Å². The average molecular weight is 416 g/mol. The number of amides is 2. The zero-order valence-electron chi connectivity index (χ0n) is 17.7. The van der Waals surface area contributed by atoms with E-state index >= 15 is 0 Å². The lowest BCUT2D eigenvalue weighted by atomic mass is 10.1. The normalized spacial score (nSPS) is 12.0. The number of furan rings is 1. The summed E-state index contributed by atoms with van der Waals surface area (Å²) in [7, 11) is 0. The minimum absolute atomic E-state index is 0.0736.